The van der Waals surface area contributed by atoms with Crippen molar-refractivity contribution in [3.8, 4) is 0 Å². The zero-order valence-electron chi connectivity index (χ0n) is 7.78. The number of hydrogen-bond donors (Lipinski definition) is 0. The Hall–Kier alpha value is -1.64. The Morgan fingerprint density at radius 3 is 1.75 bits per heavy atom. The van der Waals surface area contributed by atoms with Crippen LogP contribution in [0.15, 0.2) is 0 Å². The van der Waals surface area contributed by atoms with Crippen molar-refractivity contribution in [3.63, 3.8) is 0 Å². The highest BCUT2D eigenvalue weighted by Crippen LogP contribution is 2.32. The molecular formula is C6H7ClN2O7. The summed E-state index contributed by atoms with van der Waals surface area (Å²) >= 11 is 5.20. The number of nitrogens with zero attached hydrogens (tertiary/aromatic N) is 2. The zero-order chi connectivity index (χ0) is 12.3. The minimum absolute atomic E-state index is 0.0676. The van der Waals surface area contributed by atoms with E-state index < -0.39 is 33.5 Å². The first-order chi connectivity index (χ1) is 7.40. The molecular weight excluding hydrogens is 248 g/mol. The van der Waals surface area contributed by atoms with E-state index >= 15 is 0 Å². The molecule has 0 spiro atoms. The third-order valence-corrected chi connectivity index (χ3v) is 2.52. The Morgan fingerprint density at radius 2 is 1.50 bits per heavy atom. The molecule has 1 unspecified atom stereocenters. The third-order valence-electron chi connectivity index (χ3n) is 2.21. The lowest BCUT2D eigenvalue weighted by atomic mass is 10.1. The summed E-state index contributed by atoms with van der Waals surface area (Å²) in [5.74, 6) is -0.725. The summed E-state index contributed by atoms with van der Waals surface area (Å²) in [4.78, 5) is 39.4. The van der Waals surface area contributed by atoms with Crippen molar-refractivity contribution >= 4 is 16.8 Å². The van der Waals surface area contributed by atoms with Crippen molar-refractivity contribution in [1.82, 2.24) is 0 Å². The molecule has 0 heterocycles. The molecule has 1 aliphatic rings. The van der Waals surface area contributed by atoms with E-state index in [2.05, 4.69) is 9.68 Å². The molecule has 1 rings (SSSR count). The number of carbonyl (C=O) groups is 1. The fraction of sp³-hybridized carbons (Fsp3) is 0.833. The summed E-state index contributed by atoms with van der Waals surface area (Å²) in [5, 5.41) is 17.3. The first-order valence-electron chi connectivity index (χ1n) is 4.21. The van der Waals surface area contributed by atoms with Crippen LogP contribution in [0.4, 0.5) is 0 Å². The second-order valence-corrected chi connectivity index (χ2v) is 3.58. The number of carbonyl (C=O) groups excluding carboxylic acids is 1. The molecule has 0 saturated heterocycles. The standard InChI is InChI=1S/C6H7ClN2O7/c7-6(10)3-1-4(15-8(11)12)5(2-3)16-9(13)14/h3-5H,1-2H2/t3?,4-,5+. The molecule has 0 N–H and O–H groups in total. The Labute approximate surface area is 93.5 Å². The smallest absolute Gasteiger partial charge is 0.294 e. The second-order valence-electron chi connectivity index (χ2n) is 3.21. The minimum Gasteiger partial charge on any atom is -0.308 e. The van der Waals surface area contributed by atoms with E-state index in [4.69, 9.17) is 11.6 Å². The summed E-state index contributed by atoms with van der Waals surface area (Å²) in [5.41, 5.74) is 0. The van der Waals surface area contributed by atoms with Crippen molar-refractivity contribution in [3.05, 3.63) is 20.2 Å². The summed E-state index contributed by atoms with van der Waals surface area (Å²) in [7, 11) is 0. The SMILES string of the molecule is O=C(Cl)C1C[C@H](O[N+](=O)[O-])[C@H](O[N+](=O)[O-])C1. The largest absolute Gasteiger partial charge is 0.308 e. The lowest BCUT2D eigenvalue weighted by Gasteiger charge is -2.14. The van der Waals surface area contributed by atoms with Crippen LogP contribution in [0.3, 0.4) is 0 Å². The molecule has 0 aromatic carbocycles. The topological polar surface area (TPSA) is 122 Å². The molecule has 1 aliphatic carbocycles. The highest BCUT2D eigenvalue weighted by atomic mass is 35.5. The Morgan fingerprint density at radius 1 is 1.12 bits per heavy atom. The zero-order valence-corrected chi connectivity index (χ0v) is 8.53. The molecule has 0 aromatic rings. The Bertz CT molecular complexity index is 298. The lowest BCUT2D eigenvalue weighted by Crippen LogP contribution is -2.30. The van der Waals surface area contributed by atoms with Crippen molar-refractivity contribution in [1.29, 1.82) is 0 Å². The van der Waals surface area contributed by atoms with Crippen LogP contribution in [0, 0.1) is 26.1 Å². The molecule has 0 bridgehead atoms. The summed E-state index contributed by atoms with van der Waals surface area (Å²) in [6.07, 6.45) is -2.43. The quantitative estimate of drug-likeness (QED) is 0.393. The maximum absolute atomic E-state index is 10.8. The van der Waals surface area contributed by atoms with E-state index in [9.17, 15) is 25.0 Å². The predicted octanol–water partition coefficient (Wildman–Crippen LogP) is 0.316. The first kappa shape index (κ1) is 12.4. The summed E-state index contributed by atoms with van der Waals surface area (Å²) in [6, 6.07) is 0. The van der Waals surface area contributed by atoms with Crippen molar-refractivity contribution < 1.29 is 24.6 Å². The average molecular weight is 255 g/mol. The van der Waals surface area contributed by atoms with Crippen LogP contribution in [0.1, 0.15) is 12.8 Å². The van der Waals surface area contributed by atoms with Gasteiger partial charge < -0.3 is 9.68 Å². The monoisotopic (exact) mass is 254 g/mol. The summed E-state index contributed by atoms with van der Waals surface area (Å²) in [6.45, 7) is 0. The van der Waals surface area contributed by atoms with E-state index in [0.29, 0.717) is 0 Å². The van der Waals surface area contributed by atoms with Gasteiger partial charge in [-0.2, -0.15) is 0 Å². The van der Waals surface area contributed by atoms with Gasteiger partial charge in [0.05, 0.1) is 0 Å². The number of rotatable bonds is 5. The Kier molecular flexibility index (Phi) is 3.82. The molecule has 16 heavy (non-hydrogen) atoms. The fourth-order valence-electron chi connectivity index (χ4n) is 1.59. The minimum atomic E-state index is -1.15. The van der Waals surface area contributed by atoms with Gasteiger partial charge in [0, 0.05) is 5.92 Å². The fourth-order valence-corrected chi connectivity index (χ4v) is 1.77. The van der Waals surface area contributed by atoms with Gasteiger partial charge >= 0.3 is 0 Å². The average Bonchev–Trinajstić information content (AvgIpc) is 2.46. The van der Waals surface area contributed by atoms with Crippen LogP contribution in [-0.2, 0) is 14.5 Å². The van der Waals surface area contributed by atoms with Crippen molar-refractivity contribution in [2.75, 3.05) is 0 Å². The highest BCUT2D eigenvalue weighted by Gasteiger charge is 2.41. The molecule has 0 aliphatic heterocycles. The van der Waals surface area contributed by atoms with Crippen molar-refractivity contribution in [2.45, 2.75) is 25.0 Å². The molecule has 0 radical (unpaired) electrons. The molecule has 10 heteroatoms. The van der Waals surface area contributed by atoms with Gasteiger partial charge in [0.15, 0.2) is 0 Å². The third kappa shape index (κ3) is 3.19. The van der Waals surface area contributed by atoms with Crippen LogP contribution in [0.2, 0.25) is 0 Å². The molecule has 3 atom stereocenters. The maximum atomic E-state index is 10.8. The van der Waals surface area contributed by atoms with Gasteiger partial charge in [0.1, 0.15) is 12.2 Å². The van der Waals surface area contributed by atoms with Crippen LogP contribution in [0.5, 0.6) is 0 Å². The first-order valence-corrected chi connectivity index (χ1v) is 4.59. The molecule has 0 amide bonds. The van der Waals surface area contributed by atoms with Gasteiger partial charge in [-0.05, 0) is 24.4 Å². The second kappa shape index (κ2) is 4.92. The van der Waals surface area contributed by atoms with Crippen LogP contribution in [-0.4, -0.2) is 27.6 Å². The maximum Gasteiger partial charge on any atom is 0.294 e. The van der Waals surface area contributed by atoms with E-state index in [1.165, 1.54) is 0 Å². The van der Waals surface area contributed by atoms with E-state index in [0.717, 1.165) is 0 Å². The summed E-state index contributed by atoms with van der Waals surface area (Å²) < 4.78 is 0. The normalized spacial score (nSPS) is 28.4. The molecule has 0 aromatic heterocycles. The van der Waals surface area contributed by atoms with Gasteiger partial charge in [-0.15, -0.1) is 20.2 Å². The molecule has 9 nitrogen and oxygen atoms in total. The van der Waals surface area contributed by atoms with E-state index in [1.54, 1.807) is 0 Å². The predicted molar refractivity (Wildman–Crippen MR) is 47.3 cm³/mol. The van der Waals surface area contributed by atoms with E-state index in [1.807, 2.05) is 0 Å². The van der Waals surface area contributed by atoms with Gasteiger partial charge in [0.2, 0.25) is 5.24 Å². The van der Waals surface area contributed by atoms with Crippen LogP contribution < -0.4 is 0 Å². The Balaban J connectivity index is 2.66. The number of halogens is 1. The highest BCUT2D eigenvalue weighted by molar-refractivity contribution is 6.64. The molecule has 1 fully saturated rings. The molecule has 1 saturated carbocycles. The van der Waals surface area contributed by atoms with Crippen LogP contribution >= 0.6 is 11.6 Å². The van der Waals surface area contributed by atoms with Gasteiger partial charge in [0.25, 0.3) is 10.2 Å². The van der Waals surface area contributed by atoms with Crippen LogP contribution in [0.25, 0.3) is 0 Å². The van der Waals surface area contributed by atoms with Gasteiger partial charge in [-0.1, -0.05) is 0 Å². The lowest BCUT2D eigenvalue weighted by molar-refractivity contribution is -0.797. The molecule has 90 valence electrons. The number of hydrogen-bond acceptors (Lipinski definition) is 7. The van der Waals surface area contributed by atoms with Gasteiger partial charge in [-0.3, -0.25) is 4.79 Å². The van der Waals surface area contributed by atoms with Gasteiger partial charge in [-0.25, -0.2) is 0 Å². The van der Waals surface area contributed by atoms with Crippen molar-refractivity contribution in [2.24, 2.45) is 5.92 Å². The van der Waals surface area contributed by atoms with E-state index in [-0.39, 0.29) is 12.8 Å².